The zero-order chi connectivity index (χ0) is 21.3. The van der Waals surface area contributed by atoms with Gasteiger partial charge < -0.3 is 9.32 Å². The molecule has 1 aliphatic rings. The number of piperidine rings is 1. The van der Waals surface area contributed by atoms with Crippen molar-refractivity contribution in [1.29, 1.82) is 0 Å². The fraction of sp³-hybridized carbons (Fsp3) is 0.350. The number of carbonyl (C=O) groups is 1. The van der Waals surface area contributed by atoms with Crippen LogP contribution in [0.4, 0.5) is 5.69 Å². The highest BCUT2D eigenvalue weighted by Crippen LogP contribution is 2.30. The van der Waals surface area contributed by atoms with Gasteiger partial charge in [-0.3, -0.25) is 9.52 Å². The van der Waals surface area contributed by atoms with Gasteiger partial charge in [0.15, 0.2) is 0 Å². The maximum atomic E-state index is 12.8. The third kappa shape index (κ3) is 4.24. The van der Waals surface area contributed by atoms with Gasteiger partial charge in [0.25, 0.3) is 10.0 Å². The highest BCUT2D eigenvalue weighted by molar-refractivity contribution is 7.94. The van der Waals surface area contributed by atoms with E-state index in [2.05, 4.69) is 14.9 Å². The molecule has 0 saturated carbocycles. The molecule has 0 unspecified atom stereocenters. The smallest absolute Gasteiger partial charge is 0.311 e. The first kappa shape index (κ1) is 20.5. The minimum Gasteiger partial charge on any atom is -0.412 e. The molecular formula is C20H22N4O4S2. The number of anilines is 1. The summed E-state index contributed by atoms with van der Waals surface area (Å²) in [5.41, 5.74) is 2.80. The standard InChI is InChI=1S/C20H22N4O4S2/c1-13-6-7-14(2)16(10-13)23-30(26,27)17-11-15(12-29-17)18-21-22-19(28-18)20(25)24-8-4-3-5-9-24/h6-7,10-12,23H,3-5,8-9H2,1-2H3. The normalized spacial score (nSPS) is 14.7. The van der Waals surface area contributed by atoms with E-state index in [4.69, 9.17) is 4.42 Å². The van der Waals surface area contributed by atoms with Gasteiger partial charge in [0.1, 0.15) is 4.21 Å². The maximum absolute atomic E-state index is 12.8. The Bertz CT molecular complexity index is 1180. The number of aryl methyl sites for hydroxylation is 2. The fourth-order valence-corrected chi connectivity index (χ4v) is 5.54. The van der Waals surface area contributed by atoms with E-state index < -0.39 is 10.0 Å². The summed E-state index contributed by atoms with van der Waals surface area (Å²) < 4.78 is 33.9. The summed E-state index contributed by atoms with van der Waals surface area (Å²) in [6.45, 7) is 5.11. The molecule has 0 atom stereocenters. The number of nitrogens with one attached hydrogen (secondary N) is 1. The third-order valence-electron chi connectivity index (χ3n) is 4.98. The lowest BCUT2D eigenvalue weighted by molar-refractivity contribution is 0.0684. The Morgan fingerprint density at radius 1 is 1.13 bits per heavy atom. The van der Waals surface area contributed by atoms with Crippen molar-refractivity contribution in [2.45, 2.75) is 37.3 Å². The van der Waals surface area contributed by atoms with Crippen LogP contribution in [0.2, 0.25) is 0 Å². The van der Waals surface area contributed by atoms with E-state index in [-0.39, 0.29) is 21.9 Å². The van der Waals surface area contributed by atoms with Crippen LogP contribution in [-0.2, 0) is 10.0 Å². The molecule has 3 heterocycles. The first-order valence-corrected chi connectivity index (χ1v) is 12.0. The van der Waals surface area contributed by atoms with Crippen LogP contribution < -0.4 is 4.72 Å². The van der Waals surface area contributed by atoms with Crippen molar-refractivity contribution in [3.05, 3.63) is 46.7 Å². The molecule has 10 heteroatoms. The summed E-state index contributed by atoms with van der Waals surface area (Å²) in [7, 11) is -3.76. The second-order valence-corrected chi connectivity index (χ2v) is 10.2. The van der Waals surface area contributed by atoms with Crippen LogP contribution in [0.5, 0.6) is 0 Å². The predicted molar refractivity (Wildman–Crippen MR) is 114 cm³/mol. The molecule has 4 rings (SSSR count). The lowest BCUT2D eigenvalue weighted by atomic mass is 10.1. The largest absolute Gasteiger partial charge is 0.412 e. The molecule has 1 aromatic carbocycles. The molecule has 3 aromatic rings. The van der Waals surface area contributed by atoms with Crippen LogP contribution in [0.1, 0.15) is 41.1 Å². The Labute approximate surface area is 179 Å². The number of likely N-dealkylation sites (tertiary alicyclic amines) is 1. The van der Waals surface area contributed by atoms with Gasteiger partial charge in [-0.25, -0.2) is 8.42 Å². The van der Waals surface area contributed by atoms with Gasteiger partial charge in [-0.05, 0) is 56.4 Å². The quantitative estimate of drug-likeness (QED) is 0.638. The highest BCUT2D eigenvalue weighted by Gasteiger charge is 2.25. The van der Waals surface area contributed by atoms with Gasteiger partial charge in [-0.15, -0.1) is 21.5 Å². The van der Waals surface area contributed by atoms with Crippen LogP contribution in [-0.4, -0.2) is 42.5 Å². The highest BCUT2D eigenvalue weighted by atomic mass is 32.2. The molecule has 0 aliphatic carbocycles. The van der Waals surface area contributed by atoms with Gasteiger partial charge in [0.2, 0.25) is 5.89 Å². The van der Waals surface area contributed by atoms with E-state index in [9.17, 15) is 13.2 Å². The number of sulfonamides is 1. The molecule has 8 nitrogen and oxygen atoms in total. The molecule has 158 valence electrons. The van der Waals surface area contributed by atoms with E-state index >= 15 is 0 Å². The average Bonchev–Trinajstić information content (AvgIpc) is 3.40. The SMILES string of the molecule is Cc1ccc(C)c(NS(=O)(=O)c2cc(-c3nnc(C(=O)N4CCCCC4)o3)cs2)c1. The first-order chi connectivity index (χ1) is 14.3. The number of rotatable bonds is 5. The molecule has 1 fully saturated rings. The Hall–Kier alpha value is -2.72. The molecule has 0 bridgehead atoms. The third-order valence-corrected chi connectivity index (χ3v) is 7.78. The van der Waals surface area contributed by atoms with Gasteiger partial charge in [-0.1, -0.05) is 12.1 Å². The molecule has 2 aromatic heterocycles. The number of nitrogens with zero attached hydrogens (tertiary/aromatic N) is 3. The summed E-state index contributed by atoms with van der Waals surface area (Å²) in [4.78, 5) is 14.2. The second-order valence-electron chi connectivity index (χ2n) is 7.34. The summed E-state index contributed by atoms with van der Waals surface area (Å²) in [5, 5.41) is 9.42. The minimum absolute atomic E-state index is 0.0731. The van der Waals surface area contributed by atoms with Crippen molar-refractivity contribution < 1.29 is 17.6 Å². The van der Waals surface area contributed by atoms with Crippen molar-refractivity contribution in [1.82, 2.24) is 15.1 Å². The van der Waals surface area contributed by atoms with Gasteiger partial charge in [-0.2, -0.15) is 0 Å². The molecule has 1 saturated heterocycles. The Morgan fingerprint density at radius 3 is 2.67 bits per heavy atom. The lowest BCUT2D eigenvalue weighted by Crippen LogP contribution is -2.35. The zero-order valence-electron chi connectivity index (χ0n) is 16.7. The second kappa shape index (κ2) is 8.19. The summed E-state index contributed by atoms with van der Waals surface area (Å²) >= 11 is 1.05. The number of hydrogen-bond acceptors (Lipinski definition) is 7. The first-order valence-electron chi connectivity index (χ1n) is 9.65. The lowest BCUT2D eigenvalue weighted by Gasteiger charge is -2.24. The van der Waals surface area contributed by atoms with Crippen molar-refractivity contribution in [2.75, 3.05) is 17.8 Å². The fourth-order valence-electron chi connectivity index (χ4n) is 3.27. The van der Waals surface area contributed by atoms with Crippen molar-refractivity contribution in [3.8, 4) is 11.5 Å². The van der Waals surface area contributed by atoms with Gasteiger partial charge in [0.05, 0.1) is 11.3 Å². The summed E-state index contributed by atoms with van der Waals surface area (Å²) in [5.74, 6) is -0.232. The van der Waals surface area contributed by atoms with Gasteiger partial charge >= 0.3 is 11.8 Å². The van der Waals surface area contributed by atoms with Crippen LogP contribution in [0.3, 0.4) is 0 Å². The number of amides is 1. The Morgan fingerprint density at radius 2 is 1.90 bits per heavy atom. The molecule has 0 radical (unpaired) electrons. The topological polar surface area (TPSA) is 105 Å². The zero-order valence-corrected chi connectivity index (χ0v) is 18.3. The molecule has 0 spiro atoms. The summed E-state index contributed by atoms with van der Waals surface area (Å²) in [6.07, 6.45) is 3.04. The maximum Gasteiger partial charge on any atom is 0.311 e. The van der Waals surface area contributed by atoms with Gasteiger partial charge in [0, 0.05) is 18.5 Å². The number of benzene rings is 1. The van der Waals surface area contributed by atoms with Crippen LogP contribution >= 0.6 is 11.3 Å². The van der Waals surface area contributed by atoms with E-state index in [0.29, 0.717) is 24.3 Å². The molecule has 30 heavy (non-hydrogen) atoms. The van der Waals surface area contributed by atoms with Crippen molar-refractivity contribution in [2.24, 2.45) is 0 Å². The van der Waals surface area contributed by atoms with Crippen molar-refractivity contribution in [3.63, 3.8) is 0 Å². The molecular weight excluding hydrogens is 424 g/mol. The monoisotopic (exact) mass is 446 g/mol. The number of hydrogen-bond donors (Lipinski definition) is 1. The van der Waals surface area contributed by atoms with Crippen LogP contribution in [0.25, 0.3) is 11.5 Å². The number of carbonyl (C=O) groups excluding carboxylic acids is 1. The minimum atomic E-state index is -3.76. The Kier molecular flexibility index (Phi) is 5.61. The van der Waals surface area contributed by atoms with Crippen molar-refractivity contribution >= 4 is 33.0 Å². The number of thiophene rings is 1. The molecule has 1 aliphatic heterocycles. The van der Waals surface area contributed by atoms with Crippen LogP contribution in [0.15, 0.2) is 38.3 Å². The van der Waals surface area contributed by atoms with E-state index in [1.165, 1.54) is 6.07 Å². The number of aromatic nitrogens is 2. The predicted octanol–water partition coefficient (Wildman–Crippen LogP) is 3.84. The van der Waals surface area contributed by atoms with E-state index in [1.807, 2.05) is 26.0 Å². The van der Waals surface area contributed by atoms with E-state index in [1.54, 1.807) is 16.3 Å². The van der Waals surface area contributed by atoms with E-state index in [0.717, 1.165) is 41.7 Å². The molecule has 1 N–H and O–H groups in total. The average molecular weight is 447 g/mol. The van der Waals surface area contributed by atoms with Crippen LogP contribution in [0, 0.1) is 13.8 Å². The summed E-state index contributed by atoms with van der Waals surface area (Å²) in [6, 6.07) is 7.06. The Balaban J connectivity index is 1.53. The molecule has 1 amide bonds.